The molecule has 1 heterocycles. The summed E-state index contributed by atoms with van der Waals surface area (Å²) in [5.74, 6) is -0.586. The highest BCUT2D eigenvalue weighted by Crippen LogP contribution is 2.26. The zero-order valence-electron chi connectivity index (χ0n) is 11.8. The topological polar surface area (TPSA) is 75.4 Å². The van der Waals surface area contributed by atoms with Crippen molar-refractivity contribution in [2.24, 2.45) is 0 Å². The predicted octanol–water partition coefficient (Wildman–Crippen LogP) is 1.93. The van der Waals surface area contributed by atoms with Crippen LogP contribution < -0.4 is 10.5 Å². The molecule has 1 aromatic rings. The van der Waals surface area contributed by atoms with Crippen molar-refractivity contribution in [1.82, 2.24) is 9.62 Å². The number of benzene rings is 1. The minimum Gasteiger partial charge on any atom is -0.398 e. The second-order valence-corrected chi connectivity index (χ2v) is 7.84. The third-order valence-corrected chi connectivity index (χ3v) is 5.76. The number of anilines is 1. The Kier molecular flexibility index (Phi) is 5.24. The van der Waals surface area contributed by atoms with Crippen LogP contribution >= 0.6 is 15.9 Å². The summed E-state index contributed by atoms with van der Waals surface area (Å²) >= 11 is 2.98. The van der Waals surface area contributed by atoms with Crippen LogP contribution in [0.1, 0.15) is 19.8 Å². The number of likely N-dealkylation sites (tertiary alicyclic amines) is 1. The van der Waals surface area contributed by atoms with Gasteiger partial charge in [-0.2, -0.15) is 0 Å². The highest BCUT2D eigenvalue weighted by molar-refractivity contribution is 9.10. The van der Waals surface area contributed by atoms with Crippen LogP contribution in [-0.4, -0.2) is 39.0 Å². The first-order valence-electron chi connectivity index (χ1n) is 6.79. The van der Waals surface area contributed by atoms with Gasteiger partial charge in [-0.05, 0) is 60.9 Å². The Morgan fingerprint density at radius 3 is 2.67 bits per heavy atom. The summed E-state index contributed by atoms with van der Waals surface area (Å²) in [5, 5.41) is 0. The Balaban J connectivity index is 2.09. The van der Waals surface area contributed by atoms with Gasteiger partial charge in [-0.1, -0.05) is 0 Å². The van der Waals surface area contributed by atoms with E-state index in [4.69, 9.17) is 5.73 Å². The lowest BCUT2D eigenvalue weighted by Gasteiger charge is -2.24. The van der Waals surface area contributed by atoms with Crippen molar-refractivity contribution in [3.63, 3.8) is 0 Å². The molecule has 8 heteroatoms. The molecule has 3 N–H and O–H groups in total. The van der Waals surface area contributed by atoms with Crippen molar-refractivity contribution in [2.45, 2.75) is 30.7 Å². The first-order valence-corrected chi connectivity index (χ1v) is 9.07. The van der Waals surface area contributed by atoms with Gasteiger partial charge < -0.3 is 5.73 Å². The van der Waals surface area contributed by atoms with Crippen LogP contribution in [0.3, 0.4) is 0 Å². The lowest BCUT2D eigenvalue weighted by atomic mass is 10.3. The van der Waals surface area contributed by atoms with E-state index in [1.54, 1.807) is 0 Å². The molecule has 0 aliphatic carbocycles. The van der Waals surface area contributed by atoms with Crippen molar-refractivity contribution in [3.05, 3.63) is 22.4 Å². The largest absolute Gasteiger partial charge is 0.398 e. The van der Waals surface area contributed by atoms with E-state index < -0.39 is 15.8 Å². The first-order chi connectivity index (χ1) is 9.81. The number of sulfonamides is 1. The van der Waals surface area contributed by atoms with Gasteiger partial charge in [0.25, 0.3) is 0 Å². The van der Waals surface area contributed by atoms with Crippen molar-refractivity contribution < 1.29 is 12.8 Å². The molecule has 118 valence electrons. The van der Waals surface area contributed by atoms with E-state index in [0.717, 1.165) is 32.0 Å². The van der Waals surface area contributed by atoms with Gasteiger partial charge in [0.15, 0.2) is 0 Å². The maximum absolute atomic E-state index is 13.3. The molecule has 5 nitrogen and oxygen atoms in total. The second kappa shape index (κ2) is 6.60. The monoisotopic (exact) mass is 379 g/mol. The third-order valence-electron chi connectivity index (χ3n) is 3.67. The molecule has 1 atom stereocenters. The Labute approximate surface area is 132 Å². The van der Waals surface area contributed by atoms with Gasteiger partial charge in [-0.3, -0.25) is 4.90 Å². The number of nitrogens with one attached hydrogen (secondary N) is 1. The fraction of sp³-hybridized carbons (Fsp3) is 0.538. The number of nitrogen functional groups attached to an aromatic ring is 1. The molecule has 0 saturated carbocycles. The molecule has 0 aromatic heterocycles. The van der Waals surface area contributed by atoms with Crippen molar-refractivity contribution >= 4 is 31.6 Å². The SMILES string of the molecule is CC(CNS(=O)(=O)c1cc(Br)c(F)cc1N)N1CCCC1. The zero-order valence-corrected chi connectivity index (χ0v) is 14.2. The number of hydrogen-bond acceptors (Lipinski definition) is 4. The molecule has 0 amide bonds. The van der Waals surface area contributed by atoms with E-state index in [1.807, 2.05) is 6.92 Å². The van der Waals surface area contributed by atoms with Crippen LogP contribution in [0.5, 0.6) is 0 Å². The van der Waals surface area contributed by atoms with Gasteiger partial charge in [0.1, 0.15) is 10.7 Å². The lowest BCUT2D eigenvalue weighted by molar-refractivity contribution is 0.260. The van der Waals surface area contributed by atoms with Crippen LogP contribution in [0.4, 0.5) is 10.1 Å². The summed E-state index contributed by atoms with van der Waals surface area (Å²) in [6.45, 7) is 4.27. The Morgan fingerprint density at radius 1 is 1.43 bits per heavy atom. The highest BCUT2D eigenvalue weighted by Gasteiger charge is 2.23. The lowest BCUT2D eigenvalue weighted by Crippen LogP contribution is -2.40. The fourth-order valence-electron chi connectivity index (χ4n) is 2.40. The van der Waals surface area contributed by atoms with E-state index in [2.05, 4.69) is 25.6 Å². The molecule has 21 heavy (non-hydrogen) atoms. The quantitative estimate of drug-likeness (QED) is 0.766. The maximum atomic E-state index is 13.3. The molecule has 1 unspecified atom stereocenters. The van der Waals surface area contributed by atoms with Crippen LogP contribution in [0, 0.1) is 5.82 Å². The summed E-state index contributed by atoms with van der Waals surface area (Å²) in [6.07, 6.45) is 2.30. The van der Waals surface area contributed by atoms with E-state index in [9.17, 15) is 12.8 Å². The minimum atomic E-state index is -3.75. The third kappa shape index (κ3) is 3.94. The average molecular weight is 380 g/mol. The van der Waals surface area contributed by atoms with Gasteiger partial charge in [-0.15, -0.1) is 0 Å². The fourth-order valence-corrected chi connectivity index (χ4v) is 4.15. The number of nitrogens with zero attached hydrogens (tertiary/aromatic N) is 1. The molecular weight excluding hydrogens is 361 g/mol. The van der Waals surface area contributed by atoms with Gasteiger partial charge in [0.05, 0.1) is 10.2 Å². The molecule has 1 saturated heterocycles. The van der Waals surface area contributed by atoms with Gasteiger partial charge in [0.2, 0.25) is 10.0 Å². The number of hydrogen-bond donors (Lipinski definition) is 2. The normalized spacial score (nSPS) is 18.0. The average Bonchev–Trinajstić information content (AvgIpc) is 2.94. The smallest absolute Gasteiger partial charge is 0.242 e. The van der Waals surface area contributed by atoms with E-state index >= 15 is 0 Å². The first kappa shape index (κ1) is 16.7. The summed E-state index contributed by atoms with van der Waals surface area (Å²) < 4.78 is 40.5. The van der Waals surface area contributed by atoms with Crippen LogP contribution in [0.15, 0.2) is 21.5 Å². The van der Waals surface area contributed by atoms with E-state index in [0.29, 0.717) is 6.54 Å². The Morgan fingerprint density at radius 2 is 2.05 bits per heavy atom. The highest BCUT2D eigenvalue weighted by atomic mass is 79.9. The molecule has 0 spiro atoms. The van der Waals surface area contributed by atoms with E-state index in [-0.39, 0.29) is 21.1 Å². The van der Waals surface area contributed by atoms with Gasteiger partial charge in [-0.25, -0.2) is 17.5 Å². The molecular formula is C13H19BrFN3O2S. The van der Waals surface area contributed by atoms with Crippen molar-refractivity contribution in [1.29, 1.82) is 0 Å². The number of halogens is 2. The summed E-state index contributed by atoms with van der Waals surface area (Å²) in [4.78, 5) is 2.14. The number of rotatable bonds is 5. The summed E-state index contributed by atoms with van der Waals surface area (Å²) in [6, 6.07) is 2.31. The molecule has 1 aliphatic rings. The Hall–Kier alpha value is -0.700. The zero-order chi connectivity index (χ0) is 15.6. The molecule has 1 aromatic carbocycles. The molecule has 1 fully saturated rings. The van der Waals surface area contributed by atoms with Gasteiger partial charge >= 0.3 is 0 Å². The number of nitrogens with two attached hydrogens (primary N) is 1. The summed E-state index contributed by atoms with van der Waals surface area (Å²) in [7, 11) is -3.75. The Bertz CT molecular complexity index is 618. The molecule has 2 rings (SSSR count). The molecule has 0 bridgehead atoms. The van der Waals surface area contributed by atoms with E-state index in [1.165, 1.54) is 6.07 Å². The standard InChI is InChI=1S/C13H19BrFN3O2S/c1-9(18-4-2-3-5-18)8-17-21(19,20)13-6-10(14)11(15)7-12(13)16/h6-7,9,17H,2-5,8,16H2,1H3. The van der Waals surface area contributed by atoms with Gasteiger partial charge in [0, 0.05) is 12.6 Å². The molecule has 0 radical (unpaired) electrons. The summed E-state index contributed by atoms with van der Waals surface area (Å²) in [5.41, 5.74) is 5.51. The second-order valence-electron chi connectivity index (χ2n) is 5.25. The van der Waals surface area contributed by atoms with Crippen LogP contribution in [-0.2, 0) is 10.0 Å². The molecule has 1 aliphatic heterocycles. The van der Waals surface area contributed by atoms with Crippen LogP contribution in [0.2, 0.25) is 0 Å². The van der Waals surface area contributed by atoms with Crippen molar-refractivity contribution in [2.75, 3.05) is 25.4 Å². The van der Waals surface area contributed by atoms with Crippen molar-refractivity contribution in [3.8, 4) is 0 Å². The maximum Gasteiger partial charge on any atom is 0.242 e. The predicted molar refractivity (Wildman–Crippen MR) is 84.0 cm³/mol. The van der Waals surface area contributed by atoms with Crippen LogP contribution in [0.25, 0.3) is 0 Å². The minimum absolute atomic E-state index is 0.0738.